The number of anilines is 2. The average molecular weight is 569 g/mol. The predicted octanol–water partition coefficient (Wildman–Crippen LogP) is 4.25. The molecule has 2 aliphatic heterocycles. The highest BCUT2D eigenvalue weighted by molar-refractivity contribution is 6.34. The summed E-state index contributed by atoms with van der Waals surface area (Å²) >= 11 is 6.64. The Labute approximate surface area is 238 Å². The van der Waals surface area contributed by atoms with Gasteiger partial charge in [-0.1, -0.05) is 31.2 Å². The Hall–Kier alpha value is -3.63. The molecule has 0 unspecified atom stereocenters. The molecule has 2 saturated heterocycles. The first-order valence-corrected chi connectivity index (χ1v) is 13.8. The molecule has 2 aliphatic rings. The highest BCUT2D eigenvalue weighted by Gasteiger charge is 2.36. The van der Waals surface area contributed by atoms with E-state index < -0.39 is 5.82 Å². The average Bonchev–Trinajstić information content (AvgIpc) is 2.90. The number of piperazine rings is 1. The molecule has 1 amide bonds. The van der Waals surface area contributed by atoms with Gasteiger partial charge in [0.1, 0.15) is 22.8 Å². The zero-order chi connectivity index (χ0) is 28.9. The molecule has 9 nitrogen and oxygen atoms in total. The molecule has 2 fully saturated rings. The van der Waals surface area contributed by atoms with E-state index in [-0.39, 0.29) is 51.2 Å². The van der Waals surface area contributed by atoms with Crippen LogP contribution < -0.4 is 9.80 Å². The fourth-order valence-corrected chi connectivity index (χ4v) is 5.83. The van der Waals surface area contributed by atoms with Gasteiger partial charge in [-0.3, -0.25) is 4.79 Å². The van der Waals surface area contributed by atoms with Crippen LogP contribution in [0.3, 0.4) is 0 Å². The summed E-state index contributed by atoms with van der Waals surface area (Å²) in [5, 5.41) is 21.4. The van der Waals surface area contributed by atoms with Gasteiger partial charge in [-0.2, -0.15) is 4.98 Å². The number of aromatic hydroxyl groups is 2. The fourth-order valence-electron chi connectivity index (χ4n) is 5.54. The molecular formula is C29H34ClFN6O3. The van der Waals surface area contributed by atoms with Gasteiger partial charge in [0, 0.05) is 55.3 Å². The normalized spacial score (nSPS) is 19.8. The van der Waals surface area contributed by atoms with E-state index in [0.29, 0.717) is 49.4 Å². The maximum absolute atomic E-state index is 16.4. The van der Waals surface area contributed by atoms with E-state index >= 15 is 4.39 Å². The Bertz CT molecular complexity index is 1460. The summed E-state index contributed by atoms with van der Waals surface area (Å²) in [7, 11) is 2.06. The van der Waals surface area contributed by atoms with Gasteiger partial charge >= 0.3 is 0 Å². The number of phenols is 2. The molecular weight excluding hydrogens is 535 g/mol. The monoisotopic (exact) mass is 568 g/mol. The highest BCUT2D eigenvalue weighted by atomic mass is 35.5. The van der Waals surface area contributed by atoms with Crippen molar-refractivity contribution in [2.45, 2.75) is 38.9 Å². The molecule has 212 valence electrons. The number of fused-ring (bicyclic) bond motifs is 1. The number of hydrogen-bond acceptors (Lipinski definition) is 8. The number of aromatic nitrogens is 2. The minimum Gasteiger partial charge on any atom is -0.507 e. The third-order valence-corrected chi connectivity index (χ3v) is 8.40. The summed E-state index contributed by atoms with van der Waals surface area (Å²) < 4.78 is 16.4. The lowest BCUT2D eigenvalue weighted by Crippen LogP contribution is -2.59. The minimum atomic E-state index is -0.756. The fraction of sp³-hybridized carbons (Fsp3) is 0.414. The van der Waals surface area contributed by atoms with Gasteiger partial charge in [0.05, 0.1) is 10.6 Å². The summed E-state index contributed by atoms with van der Waals surface area (Å²) in [6.45, 7) is 12.9. The third-order valence-electron chi connectivity index (χ3n) is 8.10. The maximum atomic E-state index is 16.4. The lowest BCUT2D eigenvalue weighted by atomic mass is 10.00. The molecule has 1 aromatic heterocycles. The second-order valence-electron chi connectivity index (χ2n) is 10.6. The predicted molar refractivity (Wildman–Crippen MR) is 156 cm³/mol. The maximum Gasteiger partial charge on any atom is 0.246 e. The largest absolute Gasteiger partial charge is 0.507 e. The van der Waals surface area contributed by atoms with Gasteiger partial charge in [-0.25, -0.2) is 9.37 Å². The van der Waals surface area contributed by atoms with E-state index in [4.69, 9.17) is 16.6 Å². The zero-order valence-electron chi connectivity index (χ0n) is 23.1. The number of likely N-dealkylation sites (N-methyl/N-ethyl adjacent to an activating group) is 1. The number of halogens is 2. The van der Waals surface area contributed by atoms with Crippen LogP contribution in [0.15, 0.2) is 36.9 Å². The molecule has 0 spiro atoms. The summed E-state index contributed by atoms with van der Waals surface area (Å²) in [5.74, 6) is -0.581. The van der Waals surface area contributed by atoms with E-state index in [2.05, 4.69) is 35.3 Å². The van der Waals surface area contributed by atoms with Crippen molar-refractivity contribution in [2.24, 2.45) is 0 Å². The smallest absolute Gasteiger partial charge is 0.246 e. The van der Waals surface area contributed by atoms with E-state index in [1.165, 1.54) is 24.3 Å². The Morgan fingerprint density at radius 1 is 1.15 bits per heavy atom. The van der Waals surface area contributed by atoms with Crippen LogP contribution in [0, 0.1) is 5.82 Å². The van der Waals surface area contributed by atoms with Crippen molar-refractivity contribution in [3.8, 4) is 22.6 Å². The van der Waals surface area contributed by atoms with Crippen LogP contribution in [0.1, 0.15) is 20.8 Å². The molecule has 2 atom stereocenters. The summed E-state index contributed by atoms with van der Waals surface area (Å²) in [6.07, 6.45) is 1.32. The minimum absolute atomic E-state index is 0.00848. The van der Waals surface area contributed by atoms with Crippen LogP contribution in [-0.2, 0) is 4.79 Å². The molecule has 3 heterocycles. The van der Waals surface area contributed by atoms with E-state index in [9.17, 15) is 15.0 Å². The van der Waals surface area contributed by atoms with Gasteiger partial charge in [0.2, 0.25) is 11.9 Å². The lowest BCUT2D eigenvalue weighted by Gasteiger charge is -2.46. The van der Waals surface area contributed by atoms with Gasteiger partial charge in [-0.05, 0) is 51.7 Å². The standard InChI is InChI=1S/C29H34ClFN6O3/c1-6-23(40)36-12-17(4)37(13-16(36)3)28-19-11-20(30)24(25-21(38)9-8-10-22(25)39)26(31)27(19)32-29(33-28)35-14-18(15-35)34(5)7-2/h6,8-11,16-18,38-39H,1,7,12-15H2,2-5H3/t16-,17+/m1/s1. The molecule has 0 radical (unpaired) electrons. The quantitative estimate of drug-likeness (QED) is 0.426. The first kappa shape index (κ1) is 27.9. The Morgan fingerprint density at radius 2 is 1.82 bits per heavy atom. The molecule has 40 heavy (non-hydrogen) atoms. The van der Waals surface area contributed by atoms with Crippen LogP contribution in [-0.4, -0.2) is 93.8 Å². The molecule has 0 bridgehead atoms. The van der Waals surface area contributed by atoms with Crippen molar-refractivity contribution in [2.75, 3.05) is 49.6 Å². The summed E-state index contributed by atoms with van der Waals surface area (Å²) in [5.41, 5.74) is -0.185. The summed E-state index contributed by atoms with van der Waals surface area (Å²) in [6, 6.07) is 5.84. The van der Waals surface area contributed by atoms with Crippen LogP contribution in [0.2, 0.25) is 5.02 Å². The number of benzene rings is 2. The van der Waals surface area contributed by atoms with Crippen molar-refractivity contribution in [1.82, 2.24) is 19.8 Å². The van der Waals surface area contributed by atoms with Crippen molar-refractivity contribution < 1.29 is 19.4 Å². The topological polar surface area (TPSA) is 96.3 Å². The van der Waals surface area contributed by atoms with Crippen molar-refractivity contribution in [3.05, 3.63) is 47.8 Å². The van der Waals surface area contributed by atoms with Crippen LogP contribution in [0.25, 0.3) is 22.0 Å². The SMILES string of the molecule is C=CC(=O)N1C[C@H](C)N(c2nc(N3CC(N(C)CC)C3)nc3c(F)c(-c4c(O)cccc4O)c(Cl)cc23)C[C@H]1C. The van der Waals surface area contributed by atoms with E-state index in [0.717, 1.165) is 6.54 Å². The van der Waals surface area contributed by atoms with Gasteiger partial charge < -0.3 is 29.8 Å². The molecule has 5 rings (SSSR count). The zero-order valence-corrected chi connectivity index (χ0v) is 23.9. The Balaban J connectivity index is 1.67. The van der Waals surface area contributed by atoms with E-state index in [1.54, 1.807) is 11.0 Å². The number of nitrogens with zero attached hydrogens (tertiary/aromatic N) is 6. The number of carbonyl (C=O) groups is 1. The molecule has 2 N–H and O–H groups in total. The number of hydrogen-bond donors (Lipinski definition) is 2. The second kappa shape index (κ2) is 10.7. The lowest BCUT2D eigenvalue weighted by molar-refractivity contribution is -0.128. The van der Waals surface area contributed by atoms with Crippen molar-refractivity contribution in [1.29, 1.82) is 0 Å². The Morgan fingerprint density at radius 3 is 2.45 bits per heavy atom. The molecule has 0 saturated carbocycles. The Kier molecular flexibility index (Phi) is 7.50. The van der Waals surface area contributed by atoms with Crippen LogP contribution in [0.5, 0.6) is 11.5 Å². The number of carbonyl (C=O) groups excluding carboxylic acids is 1. The van der Waals surface area contributed by atoms with Gasteiger partial charge in [0.25, 0.3) is 0 Å². The van der Waals surface area contributed by atoms with Gasteiger partial charge in [0.15, 0.2) is 5.82 Å². The molecule has 11 heteroatoms. The molecule has 0 aliphatic carbocycles. The second-order valence-corrected chi connectivity index (χ2v) is 11.0. The number of rotatable bonds is 6. The first-order valence-electron chi connectivity index (χ1n) is 13.4. The highest BCUT2D eigenvalue weighted by Crippen LogP contribution is 2.45. The van der Waals surface area contributed by atoms with Gasteiger partial charge in [-0.15, -0.1) is 0 Å². The first-order chi connectivity index (χ1) is 19.0. The van der Waals surface area contributed by atoms with Crippen molar-refractivity contribution in [3.63, 3.8) is 0 Å². The van der Waals surface area contributed by atoms with Crippen LogP contribution in [0.4, 0.5) is 16.2 Å². The number of amides is 1. The van der Waals surface area contributed by atoms with E-state index in [1.807, 2.05) is 18.7 Å². The number of phenolic OH excluding ortho intramolecular Hbond substituents is 2. The summed E-state index contributed by atoms with van der Waals surface area (Å²) in [4.78, 5) is 30.1. The molecule has 3 aromatic rings. The van der Waals surface area contributed by atoms with Crippen LogP contribution >= 0.6 is 11.6 Å². The third kappa shape index (κ3) is 4.69. The molecule has 2 aromatic carbocycles. The van der Waals surface area contributed by atoms with Crippen molar-refractivity contribution >= 4 is 40.2 Å².